The van der Waals surface area contributed by atoms with Crippen LogP contribution in [0.3, 0.4) is 0 Å². The van der Waals surface area contributed by atoms with Crippen LogP contribution in [0.1, 0.15) is 22.7 Å². The number of nitrogens with zero attached hydrogens (tertiary/aromatic N) is 2. The summed E-state index contributed by atoms with van der Waals surface area (Å²) in [6, 6.07) is 5.14. The number of hydrogen-bond acceptors (Lipinski definition) is 5. The van der Waals surface area contributed by atoms with E-state index in [2.05, 4.69) is 4.98 Å². The molecule has 1 N–H and O–H groups in total. The lowest BCUT2D eigenvalue weighted by Crippen LogP contribution is -1.99. The third-order valence-corrected chi connectivity index (χ3v) is 2.39. The Balaban J connectivity index is 2.63. The van der Waals surface area contributed by atoms with Crippen molar-refractivity contribution in [1.29, 1.82) is 0 Å². The summed E-state index contributed by atoms with van der Waals surface area (Å²) in [6.45, 7) is 0. The van der Waals surface area contributed by atoms with Crippen LogP contribution in [0.15, 0.2) is 28.7 Å². The average Bonchev–Trinajstić information content (AvgIpc) is 2.83. The Morgan fingerprint density at radius 1 is 1.40 bits per heavy atom. The second kappa shape index (κ2) is 5.03. The van der Waals surface area contributed by atoms with Gasteiger partial charge in [0.15, 0.2) is 5.69 Å². The van der Waals surface area contributed by atoms with Crippen LogP contribution in [0.5, 0.6) is 0 Å². The van der Waals surface area contributed by atoms with Gasteiger partial charge in [-0.1, -0.05) is 12.1 Å². The first-order chi connectivity index (χ1) is 9.41. The SMILES string of the molecule is O=C(O)c1oc(-c2ccccc2[N+](=O)[O-])nc1C(F)F. The maximum Gasteiger partial charge on any atom is 0.374 e. The molecule has 2 aromatic rings. The molecule has 0 atom stereocenters. The summed E-state index contributed by atoms with van der Waals surface area (Å²) in [5.74, 6) is -3.30. The van der Waals surface area contributed by atoms with Crippen molar-refractivity contribution in [2.24, 2.45) is 0 Å². The molecular formula is C11H6F2N2O5. The lowest BCUT2D eigenvalue weighted by atomic mass is 10.2. The van der Waals surface area contributed by atoms with Gasteiger partial charge in [-0.2, -0.15) is 0 Å². The molecule has 0 spiro atoms. The fourth-order valence-corrected chi connectivity index (χ4v) is 1.56. The van der Waals surface area contributed by atoms with Crippen LogP contribution >= 0.6 is 0 Å². The highest BCUT2D eigenvalue weighted by Gasteiger charge is 2.29. The number of aromatic nitrogens is 1. The molecule has 1 aromatic heterocycles. The van der Waals surface area contributed by atoms with Crippen molar-refractivity contribution in [1.82, 2.24) is 4.98 Å². The van der Waals surface area contributed by atoms with E-state index in [9.17, 15) is 23.7 Å². The third kappa shape index (κ3) is 2.32. The number of aromatic carboxylic acids is 1. The number of para-hydroxylation sites is 1. The summed E-state index contributed by atoms with van der Waals surface area (Å²) in [5, 5.41) is 19.6. The molecule has 0 unspecified atom stereocenters. The van der Waals surface area contributed by atoms with Gasteiger partial charge in [0.2, 0.25) is 11.7 Å². The topological polar surface area (TPSA) is 106 Å². The van der Waals surface area contributed by atoms with Crippen molar-refractivity contribution < 1.29 is 28.0 Å². The molecule has 0 aliphatic heterocycles. The molecule has 9 heteroatoms. The van der Waals surface area contributed by atoms with E-state index < -0.39 is 40.4 Å². The zero-order valence-electron chi connectivity index (χ0n) is 9.62. The van der Waals surface area contributed by atoms with Crippen molar-refractivity contribution in [3.8, 4) is 11.5 Å². The zero-order valence-corrected chi connectivity index (χ0v) is 9.62. The number of nitro benzene ring substituents is 1. The minimum atomic E-state index is -3.17. The summed E-state index contributed by atoms with van der Waals surface area (Å²) in [4.78, 5) is 24.2. The number of oxazole rings is 1. The van der Waals surface area contributed by atoms with Crippen LogP contribution < -0.4 is 0 Å². The van der Waals surface area contributed by atoms with Crippen molar-refractivity contribution in [3.05, 3.63) is 45.8 Å². The van der Waals surface area contributed by atoms with E-state index in [1.54, 1.807) is 0 Å². The maximum absolute atomic E-state index is 12.7. The van der Waals surface area contributed by atoms with Crippen molar-refractivity contribution >= 4 is 11.7 Å². The fourth-order valence-electron chi connectivity index (χ4n) is 1.56. The molecule has 7 nitrogen and oxygen atoms in total. The Labute approximate surface area is 109 Å². The predicted molar refractivity (Wildman–Crippen MR) is 60.5 cm³/mol. The number of carboxylic acids is 1. The van der Waals surface area contributed by atoms with Crippen molar-refractivity contribution in [2.75, 3.05) is 0 Å². The van der Waals surface area contributed by atoms with Crippen LogP contribution in [-0.4, -0.2) is 21.0 Å². The van der Waals surface area contributed by atoms with Crippen LogP contribution in [0, 0.1) is 10.1 Å². The molecule has 1 aromatic carbocycles. The number of carbonyl (C=O) groups is 1. The number of halogens is 2. The fraction of sp³-hybridized carbons (Fsp3) is 0.0909. The van der Waals surface area contributed by atoms with Gasteiger partial charge < -0.3 is 9.52 Å². The van der Waals surface area contributed by atoms with E-state index in [1.165, 1.54) is 18.2 Å². The van der Waals surface area contributed by atoms with Crippen LogP contribution in [0.4, 0.5) is 14.5 Å². The van der Waals surface area contributed by atoms with Gasteiger partial charge in [0.1, 0.15) is 5.56 Å². The summed E-state index contributed by atoms with van der Waals surface area (Å²) in [6.07, 6.45) is -3.17. The molecule has 2 rings (SSSR count). The first-order valence-electron chi connectivity index (χ1n) is 5.17. The van der Waals surface area contributed by atoms with Gasteiger partial charge in [-0.25, -0.2) is 18.6 Å². The first kappa shape index (κ1) is 13.6. The largest absolute Gasteiger partial charge is 0.475 e. The molecule has 0 saturated heterocycles. The van der Waals surface area contributed by atoms with E-state index in [1.807, 2.05) is 0 Å². The molecule has 0 aliphatic rings. The molecular weight excluding hydrogens is 278 g/mol. The van der Waals surface area contributed by atoms with E-state index in [4.69, 9.17) is 9.52 Å². The van der Waals surface area contributed by atoms with E-state index in [-0.39, 0.29) is 5.56 Å². The van der Waals surface area contributed by atoms with E-state index in [0.717, 1.165) is 6.07 Å². The van der Waals surface area contributed by atoms with Gasteiger partial charge in [-0.15, -0.1) is 0 Å². The second-order valence-electron chi connectivity index (χ2n) is 3.61. The Hall–Kier alpha value is -2.84. The molecule has 0 radical (unpaired) electrons. The van der Waals surface area contributed by atoms with Crippen LogP contribution in [0.2, 0.25) is 0 Å². The third-order valence-electron chi connectivity index (χ3n) is 2.39. The number of benzene rings is 1. The highest BCUT2D eigenvalue weighted by atomic mass is 19.3. The summed E-state index contributed by atoms with van der Waals surface area (Å²) in [7, 11) is 0. The molecule has 0 amide bonds. The van der Waals surface area contributed by atoms with Gasteiger partial charge >= 0.3 is 5.97 Å². The van der Waals surface area contributed by atoms with Crippen LogP contribution in [0.25, 0.3) is 11.5 Å². The Morgan fingerprint density at radius 2 is 2.05 bits per heavy atom. The number of nitro groups is 1. The van der Waals surface area contributed by atoms with Crippen molar-refractivity contribution in [2.45, 2.75) is 6.43 Å². The predicted octanol–water partition coefficient (Wildman–Crippen LogP) is 2.89. The molecule has 0 fully saturated rings. The van der Waals surface area contributed by atoms with E-state index >= 15 is 0 Å². The number of rotatable bonds is 4. The monoisotopic (exact) mass is 284 g/mol. The average molecular weight is 284 g/mol. The minimum absolute atomic E-state index is 0.174. The Morgan fingerprint density at radius 3 is 2.55 bits per heavy atom. The highest BCUT2D eigenvalue weighted by molar-refractivity contribution is 5.86. The number of alkyl halides is 2. The van der Waals surface area contributed by atoms with Gasteiger partial charge in [0.25, 0.3) is 12.1 Å². The Kier molecular flexibility index (Phi) is 3.42. The molecule has 0 saturated carbocycles. The minimum Gasteiger partial charge on any atom is -0.475 e. The molecule has 104 valence electrons. The Bertz CT molecular complexity index is 683. The molecule has 20 heavy (non-hydrogen) atoms. The zero-order chi connectivity index (χ0) is 14.9. The lowest BCUT2D eigenvalue weighted by molar-refractivity contribution is -0.384. The maximum atomic E-state index is 12.7. The smallest absolute Gasteiger partial charge is 0.374 e. The van der Waals surface area contributed by atoms with Gasteiger partial charge in [0, 0.05) is 6.07 Å². The standard InChI is InChI=1S/C11H6F2N2O5/c12-9(13)7-8(11(16)17)20-10(14-7)5-3-1-2-4-6(5)15(18)19/h1-4,9H,(H,16,17). The van der Waals surface area contributed by atoms with Gasteiger partial charge in [-0.05, 0) is 6.07 Å². The highest BCUT2D eigenvalue weighted by Crippen LogP contribution is 2.33. The summed E-state index contributed by atoms with van der Waals surface area (Å²) < 4.78 is 30.0. The van der Waals surface area contributed by atoms with Crippen LogP contribution in [-0.2, 0) is 0 Å². The normalized spacial score (nSPS) is 10.8. The van der Waals surface area contributed by atoms with Gasteiger partial charge in [-0.3, -0.25) is 10.1 Å². The second-order valence-corrected chi connectivity index (χ2v) is 3.61. The number of hydrogen-bond donors (Lipinski definition) is 1. The van der Waals surface area contributed by atoms with Crippen molar-refractivity contribution in [3.63, 3.8) is 0 Å². The first-order valence-corrected chi connectivity index (χ1v) is 5.17. The molecule has 1 heterocycles. The summed E-state index contributed by atoms with van der Waals surface area (Å²) in [5.41, 5.74) is -1.66. The quantitative estimate of drug-likeness (QED) is 0.683. The number of carboxylic acid groups (broad SMARTS) is 1. The molecule has 0 bridgehead atoms. The lowest BCUT2D eigenvalue weighted by Gasteiger charge is -1.97. The van der Waals surface area contributed by atoms with E-state index in [0.29, 0.717) is 0 Å². The molecule has 0 aliphatic carbocycles. The van der Waals surface area contributed by atoms with Gasteiger partial charge in [0.05, 0.1) is 4.92 Å². The summed E-state index contributed by atoms with van der Waals surface area (Å²) >= 11 is 0.